The highest BCUT2D eigenvalue weighted by atomic mass is 32.3. The molecule has 27 heavy (non-hydrogen) atoms. The number of thiazole rings is 1. The molecule has 1 unspecified atom stereocenters. The summed E-state index contributed by atoms with van der Waals surface area (Å²) in [6, 6.07) is -1.15. The molecule has 12 nitrogen and oxygen atoms in total. The average molecular weight is 419 g/mol. The van der Waals surface area contributed by atoms with Gasteiger partial charge in [0.2, 0.25) is 0 Å². The van der Waals surface area contributed by atoms with Crippen molar-refractivity contribution in [1.29, 1.82) is 0 Å². The van der Waals surface area contributed by atoms with Crippen molar-refractivity contribution in [1.82, 2.24) is 15.4 Å². The van der Waals surface area contributed by atoms with Crippen molar-refractivity contribution >= 4 is 44.4 Å². The number of rotatable bonds is 8. The van der Waals surface area contributed by atoms with Gasteiger partial charge in [0.15, 0.2) is 10.8 Å². The van der Waals surface area contributed by atoms with Gasteiger partial charge in [0.1, 0.15) is 18.3 Å². The summed E-state index contributed by atoms with van der Waals surface area (Å²) in [7, 11) is -4.89. The summed E-state index contributed by atoms with van der Waals surface area (Å²) in [5.74, 6) is -1.68. The van der Waals surface area contributed by atoms with Crippen LogP contribution in [0.4, 0.5) is 5.13 Å². The van der Waals surface area contributed by atoms with Crippen LogP contribution in [0.25, 0.3) is 0 Å². The Balaban J connectivity index is 2.19. The number of carbonyl (C=O) groups excluding carboxylic acids is 2. The molecule has 0 saturated carbocycles. The third-order valence-electron chi connectivity index (χ3n) is 3.45. The van der Waals surface area contributed by atoms with Crippen molar-refractivity contribution in [2.24, 2.45) is 5.16 Å². The predicted molar refractivity (Wildman–Crippen MR) is 94.7 cm³/mol. The van der Waals surface area contributed by atoms with E-state index in [0.29, 0.717) is 5.06 Å². The van der Waals surface area contributed by atoms with E-state index in [1.54, 1.807) is 0 Å². The molecule has 1 saturated heterocycles. The van der Waals surface area contributed by atoms with Crippen LogP contribution in [0.15, 0.2) is 23.2 Å². The number of nitrogens with one attached hydrogen (secondary N) is 1. The molecule has 0 spiro atoms. The standard InChI is InChI=1S/C13H17N5O7S2/c1-4-5-24-17-8(7-6-26-12(14)15-7)10(19)16-9-11(20)18(13(9,2)3)25-27(21,22)23/h4,6,9H,1,5H2,2-3H3,(H2,14,15)(H,16,19)(H,21,22,23)/b17-8-. The van der Waals surface area contributed by atoms with Gasteiger partial charge in [-0.3, -0.25) is 14.1 Å². The minimum absolute atomic E-state index is 0.0280. The van der Waals surface area contributed by atoms with Gasteiger partial charge in [0, 0.05) is 5.38 Å². The zero-order chi connectivity index (χ0) is 20.4. The highest BCUT2D eigenvalue weighted by molar-refractivity contribution is 7.80. The first-order valence-electron chi connectivity index (χ1n) is 7.31. The number of hydrogen-bond donors (Lipinski definition) is 3. The molecule has 1 atom stereocenters. The van der Waals surface area contributed by atoms with Gasteiger partial charge >= 0.3 is 10.4 Å². The summed E-state index contributed by atoms with van der Waals surface area (Å²) >= 11 is 1.08. The Kier molecular flexibility index (Phi) is 5.84. The molecule has 0 bridgehead atoms. The van der Waals surface area contributed by atoms with Crippen molar-refractivity contribution in [2.75, 3.05) is 12.3 Å². The summed E-state index contributed by atoms with van der Waals surface area (Å²) in [5.41, 5.74) is 4.19. The Hall–Kier alpha value is -2.55. The topological polar surface area (TPSA) is 174 Å². The molecular weight excluding hydrogens is 402 g/mol. The largest absolute Gasteiger partial charge is 0.418 e. The average Bonchev–Trinajstić information content (AvgIpc) is 2.99. The van der Waals surface area contributed by atoms with E-state index in [2.05, 4.69) is 26.3 Å². The maximum Gasteiger partial charge on any atom is 0.418 e. The Morgan fingerprint density at radius 3 is 2.78 bits per heavy atom. The molecule has 1 aromatic rings. The van der Waals surface area contributed by atoms with Crippen LogP contribution in [0.2, 0.25) is 0 Å². The maximum absolute atomic E-state index is 12.6. The monoisotopic (exact) mass is 419 g/mol. The van der Waals surface area contributed by atoms with Crippen LogP contribution in [-0.4, -0.2) is 58.7 Å². The van der Waals surface area contributed by atoms with Crippen LogP contribution in [0.5, 0.6) is 0 Å². The van der Waals surface area contributed by atoms with E-state index in [9.17, 15) is 18.0 Å². The SMILES string of the molecule is C=CCO/N=C(\C(=O)NC1C(=O)N(OS(=O)(=O)O)C1(C)C)c1csc(N)n1. The number of oxime groups is 1. The molecule has 1 aliphatic heterocycles. The molecule has 2 rings (SSSR count). The van der Waals surface area contributed by atoms with Crippen LogP contribution in [-0.2, 0) is 29.1 Å². The Morgan fingerprint density at radius 1 is 1.63 bits per heavy atom. The Morgan fingerprint density at radius 2 is 2.30 bits per heavy atom. The van der Waals surface area contributed by atoms with E-state index >= 15 is 0 Å². The van der Waals surface area contributed by atoms with Crippen LogP contribution in [0, 0.1) is 0 Å². The second kappa shape index (κ2) is 7.59. The van der Waals surface area contributed by atoms with E-state index in [1.165, 1.54) is 25.3 Å². The zero-order valence-corrected chi connectivity index (χ0v) is 15.9. The van der Waals surface area contributed by atoms with Crippen molar-refractivity contribution in [3.8, 4) is 0 Å². The van der Waals surface area contributed by atoms with E-state index < -0.39 is 33.8 Å². The number of hydroxylamine groups is 2. The highest BCUT2D eigenvalue weighted by Crippen LogP contribution is 2.32. The number of nitrogen functional groups attached to an aromatic ring is 1. The van der Waals surface area contributed by atoms with E-state index in [-0.39, 0.29) is 23.1 Å². The number of amides is 2. The second-order valence-corrected chi connectivity index (χ2v) is 7.68. The highest BCUT2D eigenvalue weighted by Gasteiger charge is 2.58. The van der Waals surface area contributed by atoms with Crippen molar-refractivity contribution < 1.29 is 31.7 Å². The van der Waals surface area contributed by atoms with Gasteiger partial charge in [-0.15, -0.1) is 15.6 Å². The Bertz CT molecular complexity index is 893. The minimum Gasteiger partial charge on any atom is -0.391 e. The lowest BCUT2D eigenvalue weighted by atomic mass is 9.84. The predicted octanol–water partition coefficient (Wildman–Crippen LogP) is -0.528. The molecule has 2 amide bonds. The summed E-state index contributed by atoms with van der Waals surface area (Å²) in [6.07, 6.45) is 1.41. The number of β-lactam (4-membered cyclic amide) rings is 1. The first-order chi connectivity index (χ1) is 12.5. The van der Waals surface area contributed by atoms with Gasteiger partial charge < -0.3 is 15.9 Å². The molecule has 0 radical (unpaired) electrons. The fraction of sp³-hybridized carbons (Fsp3) is 0.385. The van der Waals surface area contributed by atoms with Crippen molar-refractivity contribution in [3.05, 3.63) is 23.7 Å². The van der Waals surface area contributed by atoms with Crippen LogP contribution >= 0.6 is 11.3 Å². The Labute approximate surface area is 158 Å². The third kappa shape index (κ3) is 4.60. The lowest BCUT2D eigenvalue weighted by Crippen LogP contribution is -2.76. The quantitative estimate of drug-likeness (QED) is 0.125. The third-order valence-corrected chi connectivity index (χ3v) is 4.46. The van der Waals surface area contributed by atoms with Crippen molar-refractivity contribution in [3.63, 3.8) is 0 Å². The summed E-state index contributed by atoms with van der Waals surface area (Å²) in [5, 5.41) is 8.22. The second-order valence-electron chi connectivity index (χ2n) is 5.79. The molecule has 1 fully saturated rings. The molecule has 14 heteroatoms. The first kappa shape index (κ1) is 20.8. The van der Waals surface area contributed by atoms with Crippen LogP contribution in [0.3, 0.4) is 0 Å². The molecule has 4 N–H and O–H groups in total. The number of anilines is 1. The van der Waals surface area contributed by atoms with Crippen LogP contribution < -0.4 is 11.1 Å². The number of hydrogen-bond acceptors (Lipinski definition) is 10. The van der Waals surface area contributed by atoms with Crippen molar-refractivity contribution in [2.45, 2.75) is 25.4 Å². The van der Waals surface area contributed by atoms with Gasteiger partial charge in [-0.25, -0.2) is 4.98 Å². The first-order valence-corrected chi connectivity index (χ1v) is 9.56. The fourth-order valence-corrected chi connectivity index (χ4v) is 3.18. The summed E-state index contributed by atoms with van der Waals surface area (Å²) in [6.45, 7) is 6.34. The number of carbonyl (C=O) groups is 2. The molecule has 1 aromatic heterocycles. The molecule has 148 valence electrons. The molecule has 0 aliphatic carbocycles. The summed E-state index contributed by atoms with van der Waals surface area (Å²) < 4.78 is 34.6. The normalized spacial score (nSPS) is 19.4. The van der Waals surface area contributed by atoms with Gasteiger partial charge in [0.05, 0.1) is 5.54 Å². The molecular formula is C13H17N5O7S2. The lowest BCUT2D eigenvalue weighted by molar-refractivity contribution is -0.218. The van der Waals surface area contributed by atoms with E-state index in [4.69, 9.17) is 15.1 Å². The van der Waals surface area contributed by atoms with Crippen LogP contribution in [0.1, 0.15) is 19.5 Å². The number of nitrogens with zero attached hydrogens (tertiary/aromatic N) is 3. The van der Waals surface area contributed by atoms with Gasteiger partial charge in [-0.2, -0.15) is 13.5 Å². The molecule has 2 heterocycles. The van der Waals surface area contributed by atoms with E-state index in [0.717, 1.165) is 11.3 Å². The fourth-order valence-electron chi connectivity index (χ4n) is 2.17. The lowest BCUT2D eigenvalue weighted by Gasteiger charge is -2.50. The molecule has 1 aliphatic rings. The van der Waals surface area contributed by atoms with E-state index in [1.807, 2.05) is 0 Å². The minimum atomic E-state index is -4.89. The summed E-state index contributed by atoms with van der Waals surface area (Å²) in [4.78, 5) is 33.6. The van der Waals surface area contributed by atoms with Gasteiger partial charge in [-0.1, -0.05) is 17.8 Å². The van der Waals surface area contributed by atoms with Gasteiger partial charge in [-0.05, 0) is 13.8 Å². The number of nitrogens with two attached hydrogens (primary N) is 1. The smallest absolute Gasteiger partial charge is 0.391 e. The van der Waals surface area contributed by atoms with Gasteiger partial charge in [0.25, 0.3) is 11.8 Å². The molecule has 0 aromatic carbocycles. The number of aromatic nitrogens is 1. The maximum atomic E-state index is 12.6. The zero-order valence-electron chi connectivity index (χ0n) is 14.3.